The van der Waals surface area contributed by atoms with Gasteiger partial charge >= 0.3 is 6.18 Å². The Morgan fingerprint density at radius 1 is 1.03 bits per heavy atom. The molecule has 3 aromatic rings. The van der Waals surface area contributed by atoms with Gasteiger partial charge in [0.25, 0.3) is 0 Å². The van der Waals surface area contributed by atoms with Gasteiger partial charge in [-0.05, 0) is 50.3 Å². The van der Waals surface area contributed by atoms with Crippen LogP contribution in [0.2, 0.25) is 0 Å². The maximum Gasteiger partial charge on any atom is 0.410 e. The number of anilines is 2. The van der Waals surface area contributed by atoms with Crippen LogP contribution in [-0.4, -0.2) is 49.4 Å². The van der Waals surface area contributed by atoms with Crippen LogP contribution in [0.15, 0.2) is 18.2 Å². The van der Waals surface area contributed by atoms with Crippen LogP contribution in [0.4, 0.5) is 33.0 Å². The summed E-state index contributed by atoms with van der Waals surface area (Å²) in [6.45, 7) is 3.29. The highest BCUT2D eigenvalue weighted by molar-refractivity contribution is 7.09. The fraction of sp³-hybridized carbons (Fsp3) is 0.524. The quantitative estimate of drug-likeness (QED) is 0.519. The summed E-state index contributed by atoms with van der Waals surface area (Å²) in [6.07, 6.45) is -3.14. The zero-order chi connectivity index (χ0) is 24.0. The van der Waals surface area contributed by atoms with Gasteiger partial charge in [-0.3, -0.25) is 0 Å². The van der Waals surface area contributed by atoms with E-state index < -0.39 is 29.8 Å². The summed E-state index contributed by atoms with van der Waals surface area (Å²) in [6, 6.07) is 1.56. The van der Waals surface area contributed by atoms with Gasteiger partial charge in [0.1, 0.15) is 17.7 Å². The minimum Gasteiger partial charge on any atom is -0.350 e. The van der Waals surface area contributed by atoms with E-state index in [1.165, 1.54) is 17.6 Å². The molecule has 1 fully saturated rings. The van der Waals surface area contributed by atoms with Crippen molar-refractivity contribution in [3.63, 3.8) is 0 Å². The summed E-state index contributed by atoms with van der Waals surface area (Å²) < 4.78 is 73.4. The van der Waals surface area contributed by atoms with E-state index >= 15 is 0 Å². The number of aromatic nitrogens is 5. The third-order valence-electron chi connectivity index (χ3n) is 6.33. The predicted octanol–water partition coefficient (Wildman–Crippen LogP) is 4.83. The summed E-state index contributed by atoms with van der Waals surface area (Å²) in [5.74, 6) is -1.72. The van der Waals surface area contributed by atoms with Crippen LogP contribution in [0, 0.1) is 18.6 Å². The van der Waals surface area contributed by atoms with E-state index in [1.807, 2.05) is 6.92 Å². The molecule has 0 aliphatic carbocycles. The third kappa shape index (κ3) is 4.44. The summed E-state index contributed by atoms with van der Waals surface area (Å²) in [5.41, 5.74) is 0.375. The zero-order valence-corrected chi connectivity index (χ0v) is 19.0. The fourth-order valence-corrected chi connectivity index (χ4v) is 5.32. The first kappa shape index (κ1) is 22.9. The van der Waals surface area contributed by atoms with Crippen molar-refractivity contribution in [2.24, 2.45) is 0 Å². The molecule has 13 heteroatoms. The lowest BCUT2D eigenvalue weighted by Crippen LogP contribution is -2.39. The maximum atomic E-state index is 13.8. The number of nitrogens with one attached hydrogen (secondary N) is 1. The number of hydrogen-bond donors (Lipinski definition) is 1. The molecule has 0 saturated carbocycles. The number of nitrogens with zero attached hydrogens (tertiary/aromatic N) is 6. The molecule has 1 aromatic carbocycles. The van der Waals surface area contributed by atoms with Gasteiger partial charge in [0.05, 0.1) is 0 Å². The van der Waals surface area contributed by atoms with E-state index in [4.69, 9.17) is 0 Å². The van der Waals surface area contributed by atoms with E-state index in [2.05, 4.69) is 29.7 Å². The lowest BCUT2D eigenvalue weighted by molar-refractivity contribution is -0.175. The fourth-order valence-electron chi connectivity index (χ4n) is 4.60. The first-order valence-electron chi connectivity index (χ1n) is 11.0. The minimum atomic E-state index is -4.50. The number of aryl methyl sites for hydroxylation is 1. The van der Waals surface area contributed by atoms with Crippen LogP contribution in [0.3, 0.4) is 0 Å². The summed E-state index contributed by atoms with van der Waals surface area (Å²) in [4.78, 5) is 10.9. The smallest absolute Gasteiger partial charge is 0.350 e. The average molecular weight is 500 g/mol. The van der Waals surface area contributed by atoms with Gasteiger partial charge in [0, 0.05) is 36.6 Å². The molecular weight excluding hydrogens is 477 g/mol. The molecular formula is C21H22F5N7S. The second-order valence-electron chi connectivity index (χ2n) is 8.63. The van der Waals surface area contributed by atoms with Crippen LogP contribution in [0.25, 0.3) is 0 Å². The van der Waals surface area contributed by atoms with Crippen molar-refractivity contribution in [3.05, 3.63) is 47.0 Å². The normalized spacial score (nSPS) is 21.5. The van der Waals surface area contributed by atoms with Gasteiger partial charge in [-0.1, -0.05) is 6.07 Å². The molecule has 0 radical (unpaired) electrons. The van der Waals surface area contributed by atoms with Gasteiger partial charge in [0.2, 0.25) is 11.1 Å². The topological polar surface area (TPSA) is 71.8 Å². The van der Waals surface area contributed by atoms with Crippen molar-refractivity contribution in [1.82, 2.24) is 24.1 Å². The Hall–Kier alpha value is -2.83. The average Bonchev–Trinajstić information content (AvgIpc) is 3.41. The molecule has 182 valence electrons. The Bertz CT molecular complexity index is 1170. The number of hydrogen-bond acceptors (Lipinski definition) is 7. The highest BCUT2D eigenvalue weighted by Crippen LogP contribution is 2.44. The third-order valence-corrected chi connectivity index (χ3v) is 7.20. The highest BCUT2D eigenvalue weighted by Gasteiger charge is 2.47. The molecule has 2 aliphatic rings. The van der Waals surface area contributed by atoms with Gasteiger partial charge < -0.3 is 10.2 Å². The SMILES string of the molecule is Cc1nsc(N2CCC(Nc3nc4n(n3)C(C(F)(F)F)CCC4c3ccc(F)c(F)c3)CC2)n1. The van der Waals surface area contributed by atoms with E-state index in [1.54, 1.807) is 0 Å². The van der Waals surface area contributed by atoms with Gasteiger partial charge in [-0.15, -0.1) is 5.10 Å². The van der Waals surface area contributed by atoms with E-state index in [9.17, 15) is 22.0 Å². The van der Waals surface area contributed by atoms with Crippen molar-refractivity contribution in [1.29, 1.82) is 0 Å². The summed E-state index contributed by atoms with van der Waals surface area (Å²) in [5, 5.41) is 8.19. The van der Waals surface area contributed by atoms with Gasteiger partial charge in [-0.2, -0.15) is 22.5 Å². The molecule has 1 N–H and O–H groups in total. The van der Waals surface area contributed by atoms with Gasteiger partial charge in [-0.25, -0.2) is 18.4 Å². The van der Waals surface area contributed by atoms with Crippen molar-refractivity contribution in [2.45, 2.75) is 56.8 Å². The first-order chi connectivity index (χ1) is 16.2. The van der Waals surface area contributed by atoms with Crippen LogP contribution >= 0.6 is 11.5 Å². The number of piperidine rings is 1. The molecule has 7 nitrogen and oxygen atoms in total. The van der Waals surface area contributed by atoms with Crippen molar-refractivity contribution >= 4 is 22.6 Å². The molecule has 5 rings (SSSR count). The van der Waals surface area contributed by atoms with Gasteiger partial charge in [0.15, 0.2) is 11.6 Å². The molecule has 2 aromatic heterocycles. The van der Waals surface area contributed by atoms with Crippen molar-refractivity contribution < 1.29 is 22.0 Å². The molecule has 1 saturated heterocycles. The number of benzene rings is 1. The van der Waals surface area contributed by atoms with Crippen molar-refractivity contribution in [2.75, 3.05) is 23.3 Å². The summed E-state index contributed by atoms with van der Waals surface area (Å²) in [7, 11) is 0. The van der Waals surface area contributed by atoms with E-state index in [0.717, 1.165) is 53.7 Å². The molecule has 0 spiro atoms. The number of alkyl halides is 3. The Morgan fingerprint density at radius 3 is 2.44 bits per heavy atom. The Morgan fingerprint density at radius 2 is 1.79 bits per heavy atom. The Balaban J connectivity index is 1.36. The van der Waals surface area contributed by atoms with E-state index in [-0.39, 0.29) is 30.7 Å². The Kier molecular flexibility index (Phi) is 5.90. The number of fused-ring (bicyclic) bond motifs is 1. The number of rotatable bonds is 4. The van der Waals surface area contributed by atoms with E-state index in [0.29, 0.717) is 5.56 Å². The van der Waals surface area contributed by atoms with Crippen molar-refractivity contribution in [3.8, 4) is 0 Å². The highest BCUT2D eigenvalue weighted by atomic mass is 32.1. The zero-order valence-electron chi connectivity index (χ0n) is 18.2. The minimum absolute atomic E-state index is 0.0132. The first-order valence-corrected chi connectivity index (χ1v) is 11.8. The predicted molar refractivity (Wildman–Crippen MR) is 116 cm³/mol. The molecule has 34 heavy (non-hydrogen) atoms. The van der Waals surface area contributed by atoms with Crippen LogP contribution in [0.1, 0.15) is 54.9 Å². The molecule has 0 amide bonds. The van der Waals surface area contributed by atoms with Crippen LogP contribution < -0.4 is 10.2 Å². The molecule has 2 unspecified atom stereocenters. The second-order valence-corrected chi connectivity index (χ2v) is 9.36. The Labute approximate surface area is 196 Å². The molecule has 2 aliphatic heterocycles. The lowest BCUT2D eigenvalue weighted by Gasteiger charge is -2.31. The molecule has 2 atom stereocenters. The largest absolute Gasteiger partial charge is 0.410 e. The monoisotopic (exact) mass is 499 g/mol. The molecule has 0 bridgehead atoms. The van der Waals surface area contributed by atoms with Crippen LogP contribution in [-0.2, 0) is 0 Å². The summed E-state index contributed by atoms with van der Waals surface area (Å²) >= 11 is 1.34. The number of halogens is 5. The second kappa shape index (κ2) is 8.75. The lowest BCUT2D eigenvalue weighted by atomic mass is 9.88. The standard InChI is InChI=1S/C21H22F5N7S/c1-11-27-20(34-31-11)32-8-6-13(7-9-32)28-19-29-18-14(12-2-4-15(22)16(23)10-12)3-5-17(21(24,25)26)33(18)30-19/h2,4,10,13-14,17H,3,5-9H2,1H3,(H,28,30). The van der Waals surface area contributed by atoms with Crippen LogP contribution in [0.5, 0.6) is 0 Å². The maximum absolute atomic E-state index is 13.8. The molecule has 4 heterocycles.